The molecule has 0 bridgehead atoms. The van der Waals surface area contributed by atoms with E-state index in [0.717, 1.165) is 23.3 Å². The van der Waals surface area contributed by atoms with E-state index in [1.807, 2.05) is 6.07 Å². The number of aromatic nitrogens is 1. The van der Waals surface area contributed by atoms with Crippen molar-refractivity contribution in [2.24, 2.45) is 0 Å². The summed E-state index contributed by atoms with van der Waals surface area (Å²) in [5.74, 6) is 0.868. The fraction of sp³-hybridized carbons (Fsp3) is 0.417. The van der Waals surface area contributed by atoms with Crippen LogP contribution in [0.2, 0.25) is 0 Å². The molecular formula is C12H16BrN3. The van der Waals surface area contributed by atoms with Gasteiger partial charge in [0.25, 0.3) is 0 Å². The van der Waals surface area contributed by atoms with Gasteiger partial charge in [-0.25, -0.2) is 4.98 Å². The lowest BCUT2D eigenvalue weighted by Crippen LogP contribution is -2.05. The van der Waals surface area contributed by atoms with E-state index in [4.69, 9.17) is 5.73 Å². The Kier molecular flexibility index (Phi) is 3.83. The van der Waals surface area contributed by atoms with E-state index in [-0.39, 0.29) is 0 Å². The molecule has 0 amide bonds. The van der Waals surface area contributed by atoms with Crippen LogP contribution in [-0.4, -0.2) is 11.5 Å². The topological polar surface area (TPSA) is 50.9 Å². The van der Waals surface area contributed by atoms with Crippen LogP contribution in [-0.2, 0) is 0 Å². The molecule has 0 unspecified atom stereocenters. The van der Waals surface area contributed by atoms with Crippen molar-refractivity contribution < 1.29 is 0 Å². The standard InChI is InChI=1S/C12H16BrN3/c13-11-7-10(14)8-16-12(11)15-6-5-9-3-1-2-4-9/h3,7-8H,1-2,4-6,14H2,(H,15,16). The lowest BCUT2D eigenvalue weighted by atomic mass is 10.2. The molecule has 0 spiro atoms. The smallest absolute Gasteiger partial charge is 0.140 e. The highest BCUT2D eigenvalue weighted by molar-refractivity contribution is 9.10. The predicted octanol–water partition coefficient (Wildman–Crippen LogP) is 3.34. The third-order valence-corrected chi connectivity index (χ3v) is 3.34. The van der Waals surface area contributed by atoms with Gasteiger partial charge in [0.05, 0.1) is 16.4 Å². The van der Waals surface area contributed by atoms with E-state index in [2.05, 4.69) is 32.3 Å². The van der Waals surface area contributed by atoms with E-state index < -0.39 is 0 Å². The Balaban J connectivity index is 1.84. The summed E-state index contributed by atoms with van der Waals surface area (Å²) in [4.78, 5) is 4.24. The van der Waals surface area contributed by atoms with Crippen molar-refractivity contribution in [2.45, 2.75) is 25.7 Å². The molecule has 0 aliphatic heterocycles. The molecular weight excluding hydrogens is 266 g/mol. The fourth-order valence-electron chi connectivity index (χ4n) is 1.89. The van der Waals surface area contributed by atoms with Crippen LogP contribution in [0.5, 0.6) is 0 Å². The van der Waals surface area contributed by atoms with Gasteiger partial charge < -0.3 is 11.1 Å². The van der Waals surface area contributed by atoms with Crippen LogP contribution >= 0.6 is 15.9 Å². The summed E-state index contributed by atoms with van der Waals surface area (Å²) >= 11 is 3.44. The second-order valence-corrected chi connectivity index (χ2v) is 4.88. The van der Waals surface area contributed by atoms with Crippen LogP contribution in [0.1, 0.15) is 25.7 Å². The fourth-order valence-corrected chi connectivity index (χ4v) is 2.40. The average Bonchev–Trinajstić information content (AvgIpc) is 2.74. The zero-order valence-electron chi connectivity index (χ0n) is 9.17. The van der Waals surface area contributed by atoms with E-state index >= 15 is 0 Å². The Bertz CT molecular complexity index is 401. The van der Waals surface area contributed by atoms with Crippen LogP contribution in [0.3, 0.4) is 0 Å². The van der Waals surface area contributed by atoms with Crippen molar-refractivity contribution in [3.05, 3.63) is 28.4 Å². The summed E-state index contributed by atoms with van der Waals surface area (Å²) in [5, 5.41) is 3.31. The van der Waals surface area contributed by atoms with Crippen LogP contribution in [0, 0.1) is 0 Å². The van der Waals surface area contributed by atoms with Gasteiger partial charge in [-0.15, -0.1) is 0 Å². The number of allylic oxidation sites excluding steroid dienone is 1. The largest absolute Gasteiger partial charge is 0.397 e. The summed E-state index contributed by atoms with van der Waals surface area (Å²) in [7, 11) is 0. The van der Waals surface area contributed by atoms with Crippen molar-refractivity contribution in [3.63, 3.8) is 0 Å². The van der Waals surface area contributed by atoms with E-state index in [9.17, 15) is 0 Å². The Morgan fingerprint density at radius 2 is 2.38 bits per heavy atom. The maximum Gasteiger partial charge on any atom is 0.140 e. The summed E-state index contributed by atoms with van der Waals surface area (Å²) in [5.41, 5.74) is 7.87. The minimum Gasteiger partial charge on any atom is -0.397 e. The quantitative estimate of drug-likeness (QED) is 0.833. The summed E-state index contributed by atoms with van der Waals surface area (Å²) in [6.45, 7) is 0.932. The van der Waals surface area contributed by atoms with Gasteiger partial charge in [-0.2, -0.15) is 0 Å². The highest BCUT2D eigenvalue weighted by Crippen LogP contribution is 2.23. The van der Waals surface area contributed by atoms with Crippen LogP contribution in [0.25, 0.3) is 0 Å². The molecule has 3 nitrogen and oxygen atoms in total. The van der Waals surface area contributed by atoms with Gasteiger partial charge in [-0.05, 0) is 47.7 Å². The molecule has 0 fully saturated rings. The average molecular weight is 282 g/mol. The number of hydrogen-bond donors (Lipinski definition) is 2. The van der Waals surface area contributed by atoms with Crippen molar-refractivity contribution in [1.82, 2.24) is 4.98 Å². The maximum absolute atomic E-state index is 5.63. The Hall–Kier alpha value is -1.03. The molecule has 0 atom stereocenters. The molecule has 1 aromatic rings. The lowest BCUT2D eigenvalue weighted by Gasteiger charge is -2.08. The zero-order chi connectivity index (χ0) is 11.4. The van der Waals surface area contributed by atoms with Crippen LogP contribution in [0.4, 0.5) is 11.5 Å². The Morgan fingerprint density at radius 1 is 1.50 bits per heavy atom. The second kappa shape index (κ2) is 5.34. The van der Waals surface area contributed by atoms with Crippen molar-refractivity contribution in [2.75, 3.05) is 17.6 Å². The summed E-state index contributed by atoms with van der Waals surface area (Å²) < 4.78 is 0.924. The number of pyridine rings is 1. The second-order valence-electron chi connectivity index (χ2n) is 4.03. The molecule has 0 saturated carbocycles. The number of nitrogen functional groups attached to an aromatic ring is 1. The third-order valence-electron chi connectivity index (χ3n) is 2.74. The maximum atomic E-state index is 5.63. The first-order valence-electron chi connectivity index (χ1n) is 5.58. The molecule has 1 aromatic heterocycles. The highest BCUT2D eigenvalue weighted by atomic mass is 79.9. The van der Waals surface area contributed by atoms with E-state index in [1.54, 1.807) is 11.8 Å². The number of hydrogen-bond acceptors (Lipinski definition) is 3. The molecule has 3 N–H and O–H groups in total. The molecule has 86 valence electrons. The minimum atomic E-state index is 0.677. The molecule has 0 saturated heterocycles. The van der Waals surface area contributed by atoms with Crippen LogP contribution in [0.15, 0.2) is 28.4 Å². The van der Waals surface area contributed by atoms with Crippen molar-refractivity contribution in [3.8, 4) is 0 Å². The third kappa shape index (κ3) is 2.98. The van der Waals surface area contributed by atoms with Gasteiger partial charge in [0.2, 0.25) is 0 Å². The first-order valence-corrected chi connectivity index (χ1v) is 6.38. The number of nitrogens with zero attached hydrogens (tertiary/aromatic N) is 1. The van der Waals surface area contributed by atoms with E-state index in [0.29, 0.717) is 5.69 Å². The zero-order valence-corrected chi connectivity index (χ0v) is 10.8. The predicted molar refractivity (Wildman–Crippen MR) is 71.4 cm³/mol. The summed E-state index contributed by atoms with van der Waals surface area (Å²) in [6.07, 6.45) is 8.96. The van der Waals surface area contributed by atoms with Gasteiger partial charge in [0.15, 0.2) is 0 Å². The molecule has 0 radical (unpaired) electrons. The Labute approximate surface area is 104 Å². The van der Waals surface area contributed by atoms with Gasteiger partial charge in [-0.1, -0.05) is 11.6 Å². The number of rotatable bonds is 4. The number of halogens is 1. The molecule has 2 rings (SSSR count). The number of nitrogens with one attached hydrogen (secondary N) is 1. The molecule has 1 aliphatic carbocycles. The number of nitrogens with two attached hydrogens (primary N) is 1. The highest BCUT2D eigenvalue weighted by Gasteiger charge is 2.05. The van der Waals surface area contributed by atoms with Crippen molar-refractivity contribution in [1.29, 1.82) is 0 Å². The monoisotopic (exact) mass is 281 g/mol. The normalized spacial score (nSPS) is 14.9. The van der Waals surface area contributed by atoms with Gasteiger partial charge in [0.1, 0.15) is 5.82 Å². The molecule has 16 heavy (non-hydrogen) atoms. The number of anilines is 2. The van der Waals surface area contributed by atoms with Crippen molar-refractivity contribution >= 4 is 27.4 Å². The molecule has 1 heterocycles. The van der Waals surface area contributed by atoms with Gasteiger partial charge in [-0.3, -0.25) is 0 Å². The van der Waals surface area contributed by atoms with E-state index in [1.165, 1.54) is 19.3 Å². The van der Waals surface area contributed by atoms with Crippen LogP contribution < -0.4 is 11.1 Å². The first kappa shape index (κ1) is 11.5. The molecule has 1 aliphatic rings. The summed E-state index contributed by atoms with van der Waals surface area (Å²) in [6, 6.07) is 1.87. The SMILES string of the molecule is Nc1cnc(NCCC2=CCCC2)c(Br)c1. The lowest BCUT2D eigenvalue weighted by molar-refractivity contribution is 0.861. The Morgan fingerprint density at radius 3 is 3.06 bits per heavy atom. The molecule has 4 heteroatoms. The van der Waals surface area contributed by atoms with Gasteiger partial charge in [0, 0.05) is 6.54 Å². The first-order chi connectivity index (χ1) is 7.75. The van der Waals surface area contributed by atoms with Gasteiger partial charge >= 0.3 is 0 Å². The molecule has 0 aromatic carbocycles. The minimum absolute atomic E-state index is 0.677.